The van der Waals surface area contributed by atoms with Gasteiger partial charge in [-0.1, -0.05) is 41.9 Å². The van der Waals surface area contributed by atoms with E-state index in [1.165, 1.54) is 4.90 Å². The van der Waals surface area contributed by atoms with Gasteiger partial charge in [0.25, 0.3) is 0 Å². The lowest BCUT2D eigenvalue weighted by Gasteiger charge is -2.33. The monoisotopic (exact) mass is 485 g/mol. The molecule has 2 amide bonds. The summed E-state index contributed by atoms with van der Waals surface area (Å²) in [6, 6.07) is 19.5. The van der Waals surface area contributed by atoms with Crippen molar-refractivity contribution in [2.75, 3.05) is 12.0 Å². The first-order chi connectivity index (χ1) is 17.0. The smallest absolute Gasteiger partial charge is 0.240 e. The third-order valence-corrected chi connectivity index (χ3v) is 7.24. The van der Waals surface area contributed by atoms with Crippen molar-refractivity contribution in [2.24, 2.45) is 16.9 Å². The zero-order valence-electron chi connectivity index (χ0n) is 18.7. The maximum absolute atomic E-state index is 13.8. The van der Waals surface area contributed by atoms with Crippen molar-refractivity contribution in [3.8, 4) is 5.75 Å². The zero-order chi connectivity index (χ0) is 24.3. The van der Waals surface area contributed by atoms with Crippen molar-refractivity contribution in [3.05, 3.63) is 94.5 Å². The third kappa shape index (κ3) is 3.19. The van der Waals surface area contributed by atoms with Crippen LogP contribution in [0.2, 0.25) is 5.02 Å². The van der Waals surface area contributed by atoms with Crippen LogP contribution in [0.25, 0.3) is 0 Å². The van der Waals surface area contributed by atoms with Crippen molar-refractivity contribution >= 4 is 41.1 Å². The van der Waals surface area contributed by atoms with E-state index in [0.29, 0.717) is 22.0 Å². The predicted molar refractivity (Wildman–Crippen MR) is 131 cm³/mol. The lowest BCUT2D eigenvalue weighted by Crippen LogP contribution is -2.44. The van der Waals surface area contributed by atoms with Gasteiger partial charge >= 0.3 is 0 Å². The van der Waals surface area contributed by atoms with Crippen LogP contribution in [0.15, 0.2) is 77.9 Å². The molecule has 0 radical (unpaired) electrons. The summed E-state index contributed by atoms with van der Waals surface area (Å²) >= 11 is 6.16. The lowest BCUT2D eigenvalue weighted by molar-refractivity contribution is -0.124. The summed E-state index contributed by atoms with van der Waals surface area (Å²) in [7, 11) is 1.55. The Kier molecular flexibility index (Phi) is 4.96. The Morgan fingerprint density at radius 1 is 0.943 bits per heavy atom. The average molecular weight is 486 g/mol. The van der Waals surface area contributed by atoms with Gasteiger partial charge in [-0.15, -0.1) is 0 Å². The Bertz CT molecular complexity index is 1400. The van der Waals surface area contributed by atoms with Crippen LogP contribution in [0, 0.1) is 11.8 Å². The number of hydrogen-bond acceptors (Lipinski definition) is 6. The number of ether oxygens (including phenoxy) is 1. The molecule has 3 aromatic rings. The maximum Gasteiger partial charge on any atom is 0.240 e. The minimum absolute atomic E-state index is 0.268. The number of nitrogens with zero attached hydrogens (tertiary/aromatic N) is 3. The number of fused-ring (bicyclic) bond motifs is 5. The van der Waals surface area contributed by atoms with Crippen molar-refractivity contribution in [3.63, 3.8) is 0 Å². The molecule has 3 aromatic carbocycles. The molecule has 2 fully saturated rings. The number of carbonyl (C=O) groups excluding carboxylic acids is 3. The molecule has 0 spiro atoms. The Morgan fingerprint density at radius 2 is 1.69 bits per heavy atom. The molecule has 2 saturated heterocycles. The predicted octanol–water partition coefficient (Wildman–Crippen LogP) is 4.11. The molecule has 0 saturated carbocycles. The Labute approximate surface area is 206 Å². The number of hydrazone groups is 1. The number of hydrogen-bond donors (Lipinski definition) is 0. The highest BCUT2D eigenvalue weighted by molar-refractivity contribution is 6.31. The second kappa shape index (κ2) is 8.06. The number of carbonyl (C=O) groups is 3. The van der Waals surface area contributed by atoms with Gasteiger partial charge in [0.05, 0.1) is 36.9 Å². The highest BCUT2D eigenvalue weighted by Crippen LogP contribution is 2.53. The van der Waals surface area contributed by atoms with E-state index in [1.54, 1.807) is 66.9 Å². The summed E-state index contributed by atoms with van der Waals surface area (Å²) in [4.78, 5) is 42.7. The highest BCUT2D eigenvalue weighted by Gasteiger charge is 2.65. The SMILES string of the molecule is COc1ccc(C(=O)[C@@H]2[C@@H]3C(=O)N(c4cccc(Cl)c4)C(=O)[C@H]3[C@@H]3c4ccccc4C=NN23)cc1. The van der Waals surface area contributed by atoms with Gasteiger partial charge in [-0.05, 0) is 53.6 Å². The van der Waals surface area contributed by atoms with Crippen LogP contribution in [0.5, 0.6) is 5.75 Å². The number of methoxy groups -OCH3 is 1. The molecule has 6 rings (SSSR count). The zero-order valence-corrected chi connectivity index (χ0v) is 19.4. The van der Waals surface area contributed by atoms with Crippen molar-refractivity contribution in [2.45, 2.75) is 12.1 Å². The normalized spacial score (nSPS) is 24.3. The summed E-state index contributed by atoms with van der Waals surface area (Å²) in [6.07, 6.45) is 1.69. The van der Waals surface area contributed by atoms with E-state index >= 15 is 0 Å². The largest absolute Gasteiger partial charge is 0.497 e. The van der Waals surface area contributed by atoms with Crippen LogP contribution in [0.3, 0.4) is 0 Å². The Morgan fingerprint density at radius 3 is 2.43 bits per heavy atom. The fraction of sp³-hybridized carbons (Fsp3) is 0.185. The fourth-order valence-electron chi connectivity index (χ4n) is 5.46. The topological polar surface area (TPSA) is 79.3 Å². The Balaban J connectivity index is 1.48. The third-order valence-electron chi connectivity index (χ3n) is 7.00. The van der Waals surface area contributed by atoms with E-state index < -0.39 is 29.8 Å². The van der Waals surface area contributed by atoms with Crippen LogP contribution in [0.1, 0.15) is 27.5 Å². The number of Topliss-reactive ketones (excluding diaryl/α,β-unsaturated/α-hetero) is 1. The fourth-order valence-corrected chi connectivity index (χ4v) is 5.65. The standard InChI is InChI=1S/C27H20ClN3O4/c1-35-19-11-9-15(10-12-19)25(32)24-22-21(23-20-8-3-2-5-16(20)14-29-31(23)24)26(33)30(27(22)34)18-7-4-6-17(28)13-18/h2-14,21-24H,1H3/t21-,22-,23+,24+/m1/s1. The van der Waals surface area contributed by atoms with E-state index in [1.807, 2.05) is 24.3 Å². The minimum Gasteiger partial charge on any atom is -0.497 e. The number of ketones is 1. The van der Waals surface area contributed by atoms with Crippen LogP contribution < -0.4 is 9.64 Å². The first-order valence-corrected chi connectivity index (χ1v) is 11.6. The lowest BCUT2D eigenvalue weighted by atomic mass is 9.83. The first-order valence-electron chi connectivity index (χ1n) is 11.2. The van der Waals surface area contributed by atoms with E-state index in [0.717, 1.165) is 11.1 Å². The number of imide groups is 1. The minimum atomic E-state index is -0.927. The number of halogens is 1. The summed E-state index contributed by atoms with van der Waals surface area (Å²) in [6.45, 7) is 0. The van der Waals surface area contributed by atoms with Gasteiger partial charge in [0.1, 0.15) is 11.8 Å². The molecule has 3 aliphatic rings. The maximum atomic E-state index is 13.8. The molecule has 174 valence electrons. The van der Waals surface area contributed by atoms with Gasteiger partial charge in [-0.2, -0.15) is 5.10 Å². The molecule has 4 atom stereocenters. The molecular formula is C27H20ClN3O4. The molecule has 0 aliphatic carbocycles. The molecule has 8 heteroatoms. The number of amides is 2. The number of rotatable bonds is 4. The van der Waals surface area contributed by atoms with Crippen LogP contribution in [-0.2, 0) is 9.59 Å². The van der Waals surface area contributed by atoms with E-state index in [9.17, 15) is 14.4 Å². The summed E-state index contributed by atoms with van der Waals surface area (Å²) in [5.41, 5.74) is 2.56. The second-order valence-electron chi connectivity index (χ2n) is 8.78. The Hall–Kier alpha value is -3.97. The van der Waals surface area contributed by atoms with Gasteiger partial charge in [-0.25, -0.2) is 4.90 Å². The number of benzene rings is 3. The summed E-state index contributed by atoms with van der Waals surface area (Å²) < 4.78 is 5.21. The first kappa shape index (κ1) is 21.6. The molecule has 0 bridgehead atoms. The van der Waals surface area contributed by atoms with Crippen LogP contribution in [0.4, 0.5) is 5.69 Å². The van der Waals surface area contributed by atoms with Crippen molar-refractivity contribution in [1.29, 1.82) is 0 Å². The highest BCUT2D eigenvalue weighted by atomic mass is 35.5. The van der Waals surface area contributed by atoms with Crippen LogP contribution >= 0.6 is 11.6 Å². The van der Waals surface area contributed by atoms with Crippen LogP contribution in [-0.4, -0.2) is 42.0 Å². The van der Waals surface area contributed by atoms with E-state index in [2.05, 4.69) is 5.10 Å². The quantitative estimate of drug-likeness (QED) is 0.410. The van der Waals surface area contributed by atoms with E-state index in [4.69, 9.17) is 16.3 Å². The molecule has 7 nitrogen and oxygen atoms in total. The molecule has 3 heterocycles. The van der Waals surface area contributed by atoms with Gasteiger partial charge in [0, 0.05) is 10.6 Å². The second-order valence-corrected chi connectivity index (χ2v) is 9.22. The molecule has 0 aromatic heterocycles. The summed E-state index contributed by atoms with van der Waals surface area (Å²) in [5, 5.41) is 6.64. The van der Waals surface area contributed by atoms with Gasteiger partial charge in [-0.3, -0.25) is 19.4 Å². The molecule has 0 unspecified atom stereocenters. The molecular weight excluding hydrogens is 466 g/mol. The molecule has 35 heavy (non-hydrogen) atoms. The number of anilines is 1. The van der Waals surface area contributed by atoms with Crippen molar-refractivity contribution in [1.82, 2.24) is 5.01 Å². The van der Waals surface area contributed by atoms with E-state index in [-0.39, 0.29) is 11.7 Å². The average Bonchev–Trinajstić information content (AvgIpc) is 3.36. The molecule has 3 aliphatic heterocycles. The summed E-state index contributed by atoms with van der Waals surface area (Å²) in [5.74, 6) is -2.06. The molecule has 0 N–H and O–H groups in total. The van der Waals surface area contributed by atoms with Gasteiger partial charge in [0.15, 0.2) is 5.78 Å². The van der Waals surface area contributed by atoms with Gasteiger partial charge < -0.3 is 4.74 Å². The van der Waals surface area contributed by atoms with Crippen molar-refractivity contribution < 1.29 is 19.1 Å². The van der Waals surface area contributed by atoms with Gasteiger partial charge in [0.2, 0.25) is 11.8 Å².